The van der Waals surface area contributed by atoms with Gasteiger partial charge in [0.2, 0.25) is 0 Å². The molecule has 1 heterocycles. The molecule has 0 bridgehead atoms. The SMILES string of the molecule is O[C@H](COc1ccc(F)cc1)CN1CCC(F)(F)CC1. The summed E-state index contributed by atoms with van der Waals surface area (Å²) in [5, 5.41) is 9.82. The number of hydrogen-bond donors (Lipinski definition) is 1. The summed E-state index contributed by atoms with van der Waals surface area (Å²) in [6, 6.07) is 5.50. The van der Waals surface area contributed by atoms with Crippen LogP contribution >= 0.6 is 0 Å². The van der Waals surface area contributed by atoms with Gasteiger partial charge in [0.25, 0.3) is 5.92 Å². The first-order valence-electron chi connectivity index (χ1n) is 6.61. The summed E-state index contributed by atoms with van der Waals surface area (Å²) in [5.41, 5.74) is 0. The summed E-state index contributed by atoms with van der Waals surface area (Å²) in [7, 11) is 0. The molecule has 0 amide bonds. The third kappa shape index (κ3) is 4.68. The van der Waals surface area contributed by atoms with E-state index in [9.17, 15) is 18.3 Å². The van der Waals surface area contributed by atoms with Crippen LogP contribution in [-0.2, 0) is 0 Å². The molecule has 0 radical (unpaired) electrons. The van der Waals surface area contributed by atoms with E-state index in [0.29, 0.717) is 12.3 Å². The van der Waals surface area contributed by atoms with Crippen molar-refractivity contribution < 1.29 is 23.0 Å². The van der Waals surface area contributed by atoms with Crippen molar-refractivity contribution in [2.45, 2.75) is 24.9 Å². The lowest BCUT2D eigenvalue weighted by atomic mass is 10.1. The second kappa shape index (κ2) is 6.45. The van der Waals surface area contributed by atoms with Gasteiger partial charge < -0.3 is 14.7 Å². The van der Waals surface area contributed by atoms with Crippen LogP contribution in [0.4, 0.5) is 13.2 Å². The van der Waals surface area contributed by atoms with Crippen LogP contribution in [0.3, 0.4) is 0 Å². The van der Waals surface area contributed by atoms with Gasteiger partial charge in [-0.3, -0.25) is 0 Å². The summed E-state index contributed by atoms with van der Waals surface area (Å²) in [4.78, 5) is 1.80. The summed E-state index contributed by atoms with van der Waals surface area (Å²) < 4.78 is 43.9. The largest absolute Gasteiger partial charge is 0.491 e. The van der Waals surface area contributed by atoms with Gasteiger partial charge in [-0.15, -0.1) is 0 Å². The Morgan fingerprint density at radius 3 is 2.40 bits per heavy atom. The van der Waals surface area contributed by atoms with Crippen molar-refractivity contribution in [2.24, 2.45) is 0 Å². The maximum Gasteiger partial charge on any atom is 0.250 e. The topological polar surface area (TPSA) is 32.7 Å². The number of hydrogen-bond acceptors (Lipinski definition) is 3. The highest BCUT2D eigenvalue weighted by molar-refractivity contribution is 5.22. The Morgan fingerprint density at radius 2 is 1.80 bits per heavy atom. The maximum absolute atomic E-state index is 13.0. The number of likely N-dealkylation sites (tertiary alicyclic amines) is 1. The lowest BCUT2D eigenvalue weighted by Gasteiger charge is -2.32. The average Bonchev–Trinajstić information content (AvgIpc) is 2.41. The molecule has 1 aromatic carbocycles. The highest BCUT2D eigenvalue weighted by Crippen LogP contribution is 2.27. The van der Waals surface area contributed by atoms with E-state index in [-0.39, 0.29) is 38.4 Å². The molecule has 20 heavy (non-hydrogen) atoms. The molecule has 0 saturated carbocycles. The summed E-state index contributed by atoms with van der Waals surface area (Å²) >= 11 is 0. The highest BCUT2D eigenvalue weighted by atomic mass is 19.3. The fraction of sp³-hybridized carbons (Fsp3) is 0.571. The molecule has 1 fully saturated rings. The zero-order valence-corrected chi connectivity index (χ0v) is 11.1. The Bertz CT molecular complexity index is 415. The highest BCUT2D eigenvalue weighted by Gasteiger charge is 2.34. The van der Waals surface area contributed by atoms with Gasteiger partial charge in [0.05, 0.1) is 0 Å². The van der Waals surface area contributed by atoms with E-state index in [1.807, 2.05) is 0 Å². The predicted octanol–water partition coefficient (Wildman–Crippen LogP) is 2.30. The number of piperidine rings is 1. The van der Waals surface area contributed by atoms with E-state index in [0.717, 1.165) is 0 Å². The molecule has 3 nitrogen and oxygen atoms in total. The van der Waals surface area contributed by atoms with Gasteiger partial charge in [-0.05, 0) is 24.3 Å². The monoisotopic (exact) mass is 289 g/mol. The minimum Gasteiger partial charge on any atom is -0.491 e. The van der Waals surface area contributed by atoms with Crippen LogP contribution < -0.4 is 4.74 Å². The van der Waals surface area contributed by atoms with Crippen LogP contribution in [0.25, 0.3) is 0 Å². The third-order valence-corrected chi connectivity index (χ3v) is 3.31. The molecule has 1 N–H and O–H groups in total. The Balaban J connectivity index is 1.70. The van der Waals surface area contributed by atoms with E-state index < -0.39 is 12.0 Å². The Morgan fingerprint density at radius 1 is 1.20 bits per heavy atom. The molecule has 0 aliphatic carbocycles. The van der Waals surface area contributed by atoms with E-state index in [1.165, 1.54) is 24.3 Å². The molecule has 0 aromatic heterocycles. The second-order valence-electron chi connectivity index (χ2n) is 5.08. The van der Waals surface area contributed by atoms with Crippen molar-refractivity contribution in [1.82, 2.24) is 4.90 Å². The van der Waals surface area contributed by atoms with Gasteiger partial charge in [0.1, 0.15) is 24.3 Å². The molecule has 2 rings (SSSR count). The molecular weight excluding hydrogens is 271 g/mol. The zero-order valence-electron chi connectivity index (χ0n) is 11.1. The van der Waals surface area contributed by atoms with E-state index >= 15 is 0 Å². The number of alkyl halides is 2. The van der Waals surface area contributed by atoms with E-state index in [2.05, 4.69) is 0 Å². The van der Waals surface area contributed by atoms with Crippen molar-refractivity contribution in [3.8, 4) is 5.75 Å². The smallest absolute Gasteiger partial charge is 0.250 e. The minimum absolute atomic E-state index is 0.0541. The maximum atomic E-state index is 13.0. The normalized spacial score (nSPS) is 20.6. The van der Waals surface area contributed by atoms with Gasteiger partial charge in [-0.25, -0.2) is 13.2 Å². The molecule has 1 aliphatic rings. The first kappa shape index (κ1) is 15.1. The molecule has 0 spiro atoms. The van der Waals surface area contributed by atoms with Gasteiger partial charge in [0, 0.05) is 32.5 Å². The number of halogens is 3. The molecular formula is C14H18F3NO2. The zero-order chi connectivity index (χ0) is 14.6. The van der Waals surface area contributed by atoms with Crippen LogP contribution in [0.15, 0.2) is 24.3 Å². The lowest BCUT2D eigenvalue weighted by Crippen LogP contribution is -2.44. The number of β-amino-alcohol motifs (C(OH)–C–C–N with tert-alkyl or cyclic N) is 1. The number of ether oxygens (including phenoxy) is 1. The van der Waals surface area contributed by atoms with Crippen LogP contribution in [0.5, 0.6) is 5.75 Å². The average molecular weight is 289 g/mol. The van der Waals surface area contributed by atoms with Crippen molar-refractivity contribution in [1.29, 1.82) is 0 Å². The second-order valence-corrected chi connectivity index (χ2v) is 5.08. The van der Waals surface area contributed by atoms with Crippen LogP contribution in [0, 0.1) is 5.82 Å². The predicted molar refractivity (Wildman–Crippen MR) is 68.5 cm³/mol. The molecule has 1 aliphatic heterocycles. The van der Waals surface area contributed by atoms with Crippen LogP contribution in [0.1, 0.15) is 12.8 Å². The van der Waals surface area contributed by atoms with Gasteiger partial charge >= 0.3 is 0 Å². The molecule has 0 unspecified atom stereocenters. The van der Waals surface area contributed by atoms with Gasteiger partial charge in [0.15, 0.2) is 0 Å². The fourth-order valence-corrected chi connectivity index (χ4v) is 2.14. The summed E-state index contributed by atoms with van der Waals surface area (Å²) in [5.74, 6) is -2.46. The number of aliphatic hydroxyl groups is 1. The molecule has 1 aromatic rings. The van der Waals surface area contributed by atoms with E-state index in [1.54, 1.807) is 4.90 Å². The number of benzene rings is 1. The van der Waals surface area contributed by atoms with Crippen molar-refractivity contribution >= 4 is 0 Å². The molecule has 1 atom stereocenters. The summed E-state index contributed by atoms with van der Waals surface area (Å²) in [6.07, 6.45) is -1.09. The van der Waals surface area contributed by atoms with Crippen molar-refractivity contribution in [3.63, 3.8) is 0 Å². The minimum atomic E-state index is -2.58. The van der Waals surface area contributed by atoms with Crippen LogP contribution in [-0.4, -0.2) is 48.3 Å². The molecule has 112 valence electrons. The van der Waals surface area contributed by atoms with E-state index in [4.69, 9.17) is 4.74 Å². The van der Waals surface area contributed by atoms with Crippen LogP contribution in [0.2, 0.25) is 0 Å². The first-order valence-corrected chi connectivity index (χ1v) is 6.61. The quantitative estimate of drug-likeness (QED) is 0.903. The first-order chi connectivity index (χ1) is 9.44. The number of nitrogens with zero attached hydrogens (tertiary/aromatic N) is 1. The fourth-order valence-electron chi connectivity index (χ4n) is 2.14. The Labute approximate surface area is 116 Å². The lowest BCUT2D eigenvalue weighted by molar-refractivity contribution is -0.0628. The standard InChI is InChI=1S/C14H18F3NO2/c15-11-1-3-13(4-2-11)20-10-12(19)9-18-7-5-14(16,17)6-8-18/h1-4,12,19H,5-10H2/t12-/m0/s1. The van der Waals surface area contributed by atoms with Crippen molar-refractivity contribution in [3.05, 3.63) is 30.1 Å². The van der Waals surface area contributed by atoms with Gasteiger partial charge in [-0.2, -0.15) is 0 Å². The Kier molecular flexibility index (Phi) is 4.88. The molecule has 6 heteroatoms. The molecule has 1 saturated heterocycles. The number of rotatable bonds is 5. The van der Waals surface area contributed by atoms with Crippen molar-refractivity contribution in [2.75, 3.05) is 26.2 Å². The Hall–Kier alpha value is -1.27. The van der Waals surface area contributed by atoms with Gasteiger partial charge in [-0.1, -0.05) is 0 Å². The third-order valence-electron chi connectivity index (χ3n) is 3.31. The summed E-state index contributed by atoms with van der Waals surface area (Å²) in [6.45, 7) is 0.914. The number of aliphatic hydroxyl groups excluding tert-OH is 1.